The Kier molecular flexibility index (Phi) is 6.45. The van der Waals surface area contributed by atoms with Crippen LogP contribution in [-0.4, -0.2) is 46.5 Å². The average molecular weight is 494 g/mol. The quantitative estimate of drug-likeness (QED) is 0.579. The average Bonchev–Trinajstić information content (AvgIpc) is 3.34. The van der Waals surface area contributed by atoms with E-state index < -0.39 is 27.7 Å². The number of aromatic nitrogens is 3. The number of benzene rings is 2. The Bertz CT molecular complexity index is 1300. The van der Waals surface area contributed by atoms with Crippen LogP contribution in [0.4, 0.5) is 18.9 Å². The third-order valence-electron chi connectivity index (χ3n) is 5.64. The second kappa shape index (κ2) is 9.18. The molecule has 2 aromatic carbocycles. The number of anilines is 1. The summed E-state index contributed by atoms with van der Waals surface area (Å²) in [5.41, 5.74) is -0.406. The van der Waals surface area contributed by atoms with Crippen LogP contribution in [0.5, 0.6) is 0 Å². The predicted molar refractivity (Wildman–Crippen MR) is 118 cm³/mol. The number of hydrogen-bond acceptors (Lipinski definition) is 5. The predicted octanol–water partition coefficient (Wildman–Crippen LogP) is 4.02. The van der Waals surface area contributed by atoms with E-state index in [1.54, 1.807) is 6.92 Å². The van der Waals surface area contributed by atoms with Crippen molar-refractivity contribution in [3.05, 3.63) is 65.7 Å². The SMILES string of the molecule is Cc1ccc(S(=O)(=O)N2CCCCC2)cc1C(=O)Nc1cc(C(F)(F)F)ccc1-n1cncn1. The number of piperidine rings is 1. The largest absolute Gasteiger partial charge is 0.416 e. The Balaban J connectivity index is 1.70. The van der Waals surface area contributed by atoms with Gasteiger partial charge in [-0.1, -0.05) is 12.5 Å². The molecule has 1 saturated heterocycles. The number of hydrogen-bond donors (Lipinski definition) is 1. The maximum atomic E-state index is 13.3. The minimum atomic E-state index is -4.63. The number of sulfonamides is 1. The van der Waals surface area contributed by atoms with Crippen LogP contribution in [0.3, 0.4) is 0 Å². The molecule has 34 heavy (non-hydrogen) atoms. The summed E-state index contributed by atoms with van der Waals surface area (Å²) >= 11 is 0. The molecule has 4 rings (SSSR count). The van der Waals surface area contributed by atoms with Gasteiger partial charge in [-0.05, 0) is 55.7 Å². The first kappa shape index (κ1) is 23.9. The molecule has 12 heteroatoms. The van der Waals surface area contributed by atoms with E-state index in [0.717, 1.165) is 31.4 Å². The molecule has 1 aliphatic rings. The van der Waals surface area contributed by atoms with Crippen molar-refractivity contribution in [3.8, 4) is 5.69 Å². The van der Waals surface area contributed by atoms with Crippen LogP contribution in [0.1, 0.15) is 40.7 Å². The zero-order valence-electron chi connectivity index (χ0n) is 18.2. The van der Waals surface area contributed by atoms with Crippen molar-refractivity contribution in [2.45, 2.75) is 37.3 Å². The highest BCUT2D eigenvalue weighted by Gasteiger charge is 2.32. The van der Waals surface area contributed by atoms with Gasteiger partial charge >= 0.3 is 6.18 Å². The fourth-order valence-electron chi connectivity index (χ4n) is 3.80. The molecular formula is C22H22F3N5O3S. The van der Waals surface area contributed by atoms with Gasteiger partial charge in [-0.15, -0.1) is 0 Å². The molecule has 0 atom stereocenters. The molecule has 180 valence electrons. The molecule has 0 unspecified atom stereocenters. The third kappa shape index (κ3) is 4.82. The number of nitrogens with zero attached hydrogens (tertiary/aromatic N) is 4. The molecule has 0 aliphatic carbocycles. The summed E-state index contributed by atoms with van der Waals surface area (Å²) in [6.45, 7) is 2.43. The van der Waals surface area contributed by atoms with Crippen LogP contribution in [0.15, 0.2) is 53.9 Å². The number of alkyl halides is 3. The smallest absolute Gasteiger partial charge is 0.320 e. The fourth-order valence-corrected chi connectivity index (χ4v) is 5.34. The van der Waals surface area contributed by atoms with Crippen molar-refractivity contribution in [1.29, 1.82) is 0 Å². The second-order valence-electron chi connectivity index (χ2n) is 7.97. The zero-order valence-corrected chi connectivity index (χ0v) is 19.0. The van der Waals surface area contributed by atoms with Crippen molar-refractivity contribution in [3.63, 3.8) is 0 Å². The van der Waals surface area contributed by atoms with E-state index in [-0.39, 0.29) is 21.8 Å². The molecule has 0 saturated carbocycles. The van der Waals surface area contributed by atoms with E-state index in [0.29, 0.717) is 18.7 Å². The van der Waals surface area contributed by atoms with E-state index in [2.05, 4.69) is 15.4 Å². The first-order valence-electron chi connectivity index (χ1n) is 10.6. The van der Waals surface area contributed by atoms with Crippen LogP contribution in [-0.2, 0) is 16.2 Å². The molecule has 2 heterocycles. The number of amides is 1. The monoisotopic (exact) mass is 493 g/mol. The van der Waals surface area contributed by atoms with Crippen molar-refractivity contribution >= 4 is 21.6 Å². The Hall–Kier alpha value is -3.25. The molecule has 1 fully saturated rings. The Labute approximate surface area is 194 Å². The fraction of sp³-hybridized carbons (Fsp3) is 0.318. The first-order valence-corrected chi connectivity index (χ1v) is 12.0. The molecule has 8 nitrogen and oxygen atoms in total. The van der Waals surface area contributed by atoms with Gasteiger partial charge in [-0.2, -0.15) is 22.6 Å². The number of rotatable bonds is 5. The van der Waals surface area contributed by atoms with Gasteiger partial charge in [-0.25, -0.2) is 18.1 Å². The molecule has 3 aromatic rings. The molecule has 1 amide bonds. The summed E-state index contributed by atoms with van der Waals surface area (Å²) in [5, 5.41) is 6.41. The summed E-state index contributed by atoms with van der Waals surface area (Å²) in [4.78, 5) is 16.9. The lowest BCUT2D eigenvalue weighted by molar-refractivity contribution is -0.137. The first-order chi connectivity index (χ1) is 16.1. The van der Waals surface area contributed by atoms with Crippen molar-refractivity contribution in [1.82, 2.24) is 19.1 Å². The Morgan fingerprint density at radius 2 is 1.79 bits per heavy atom. The van der Waals surface area contributed by atoms with Gasteiger partial charge in [-0.3, -0.25) is 4.79 Å². The van der Waals surface area contributed by atoms with Crippen molar-refractivity contribution in [2.75, 3.05) is 18.4 Å². The number of carbonyl (C=O) groups excluding carboxylic acids is 1. The van der Waals surface area contributed by atoms with Crippen LogP contribution in [0, 0.1) is 6.92 Å². The van der Waals surface area contributed by atoms with Crippen LogP contribution >= 0.6 is 0 Å². The van der Waals surface area contributed by atoms with Crippen molar-refractivity contribution in [2.24, 2.45) is 0 Å². The minimum Gasteiger partial charge on any atom is -0.320 e. The second-order valence-corrected chi connectivity index (χ2v) is 9.90. The summed E-state index contributed by atoms with van der Waals surface area (Å²) in [5.74, 6) is -0.742. The maximum Gasteiger partial charge on any atom is 0.416 e. The molecule has 0 radical (unpaired) electrons. The summed E-state index contributed by atoms with van der Waals surface area (Å²) in [7, 11) is -3.80. The van der Waals surface area contributed by atoms with Crippen molar-refractivity contribution < 1.29 is 26.4 Å². The minimum absolute atomic E-state index is 0.0364. The van der Waals surface area contributed by atoms with Crippen LogP contribution in [0.2, 0.25) is 0 Å². The van der Waals surface area contributed by atoms with E-state index in [1.165, 1.54) is 45.9 Å². The maximum absolute atomic E-state index is 13.3. The highest BCUT2D eigenvalue weighted by atomic mass is 32.2. The van der Waals surface area contributed by atoms with Gasteiger partial charge in [0.15, 0.2) is 0 Å². The molecule has 0 bridgehead atoms. The third-order valence-corrected chi connectivity index (χ3v) is 7.54. The molecule has 1 aromatic heterocycles. The van der Waals surface area contributed by atoms with Crippen LogP contribution in [0.25, 0.3) is 5.69 Å². The molecule has 1 N–H and O–H groups in total. The lowest BCUT2D eigenvalue weighted by Gasteiger charge is -2.26. The van der Waals surface area contributed by atoms with Gasteiger partial charge in [0.2, 0.25) is 10.0 Å². The van der Waals surface area contributed by atoms with E-state index in [9.17, 15) is 26.4 Å². The standard InChI is InChI=1S/C22H22F3N5O3S/c1-15-5-7-17(34(32,33)29-9-3-2-4-10-29)12-18(15)21(31)28-19-11-16(22(23,24)25)6-8-20(19)30-14-26-13-27-30/h5-8,11-14H,2-4,9-10H2,1H3,(H,28,31). The Morgan fingerprint density at radius 1 is 1.06 bits per heavy atom. The number of halogens is 3. The Morgan fingerprint density at radius 3 is 2.44 bits per heavy atom. The van der Waals surface area contributed by atoms with Crippen LogP contribution < -0.4 is 5.32 Å². The van der Waals surface area contributed by atoms with Gasteiger partial charge < -0.3 is 5.32 Å². The molecular weight excluding hydrogens is 471 g/mol. The lowest BCUT2D eigenvalue weighted by Crippen LogP contribution is -2.35. The number of nitrogens with one attached hydrogen (secondary N) is 1. The summed E-state index contributed by atoms with van der Waals surface area (Å²) < 4.78 is 68.6. The van der Waals surface area contributed by atoms with E-state index >= 15 is 0 Å². The van der Waals surface area contributed by atoms with Gasteiger partial charge in [0, 0.05) is 18.7 Å². The van der Waals surface area contributed by atoms with Gasteiger partial charge in [0.05, 0.1) is 21.8 Å². The molecule has 0 spiro atoms. The highest BCUT2D eigenvalue weighted by Crippen LogP contribution is 2.33. The summed E-state index contributed by atoms with van der Waals surface area (Å²) in [6, 6.07) is 7.06. The number of carbonyl (C=O) groups is 1. The highest BCUT2D eigenvalue weighted by molar-refractivity contribution is 7.89. The van der Waals surface area contributed by atoms with E-state index in [4.69, 9.17) is 0 Å². The lowest BCUT2D eigenvalue weighted by atomic mass is 10.1. The topological polar surface area (TPSA) is 97.2 Å². The zero-order chi connectivity index (χ0) is 24.5. The number of aryl methyl sites for hydroxylation is 1. The summed E-state index contributed by atoms with van der Waals surface area (Å²) in [6.07, 6.45) is 0.354. The van der Waals surface area contributed by atoms with E-state index in [1.807, 2.05) is 0 Å². The van der Waals surface area contributed by atoms with Gasteiger partial charge in [0.1, 0.15) is 12.7 Å². The normalized spacial score (nSPS) is 15.3. The van der Waals surface area contributed by atoms with Gasteiger partial charge in [0.25, 0.3) is 5.91 Å². The molecule has 1 aliphatic heterocycles.